The molecule has 1 aromatic heterocycles. The van der Waals surface area contributed by atoms with Crippen LogP contribution >= 0.6 is 0 Å². The van der Waals surface area contributed by atoms with Crippen LogP contribution in [0, 0.1) is 6.92 Å². The van der Waals surface area contributed by atoms with Crippen LogP contribution in [0.1, 0.15) is 17.0 Å². The van der Waals surface area contributed by atoms with Gasteiger partial charge in [-0.2, -0.15) is 0 Å². The van der Waals surface area contributed by atoms with Crippen LogP contribution in [0.5, 0.6) is 5.75 Å². The molecule has 0 atom stereocenters. The Hall–Kier alpha value is -1.88. The maximum atomic E-state index is 5.27. The molecule has 0 aliphatic heterocycles. The number of para-hydroxylation sites is 1. The molecule has 2 rings (SSSR count). The summed E-state index contributed by atoms with van der Waals surface area (Å²) in [5.41, 5.74) is 2.77. The highest BCUT2D eigenvalue weighted by Gasteiger charge is 2.05. The van der Waals surface area contributed by atoms with Gasteiger partial charge in [-0.25, -0.2) is 4.63 Å². The average Bonchev–Trinajstić information content (AvgIpc) is 2.76. The second-order valence-electron chi connectivity index (χ2n) is 3.71. The van der Waals surface area contributed by atoms with Gasteiger partial charge in [0, 0.05) is 18.7 Å². The molecule has 1 aromatic carbocycles. The molecule has 17 heavy (non-hydrogen) atoms. The maximum absolute atomic E-state index is 5.27. The molecule has 0 saturated heterocycles. The number of methoxy groups -OCH3 is 1. The molecule has 0 unspecified atom stereocenters. The molecule has 90 valence electrons. The summed E-state index contributed by atoms with van der Waals surface area (Å²) in [4.78, 5) is 0. The molecule has 5 heteroatoms. The summed E-state index contributed by atoms with van der Waals surface area (Å²) in [7, 11) is 1.67. The number of rotatable bonds is 5. The largest absolute Gasteiger partial charge is 0.496 e. The molecule has 0 saturated carbocycles. The van der Waals surface area contributed by atoms with Gasteiger partial charge in [-0.1, -0.05) is 28.5 Å². The van der Waals surface area contributed by atoms with E-state index in [1.807, 2.05) is 31.2 Å². The molecule has 0 bridgehead atoms. The van der Waals surface area contributed by atoms with Gasteiger partial charge in [0.25, 0.3) is 0 Å². The van der Waals surface area contributed by atoms with E-state index in [0.29, 0.717) is 6.54 Å². The van der Waals surface area contributed by atoms with Crippen LogP contribution in [0.4, 0.5) is 0 Å². The van der Waals surface area contributed by atoms with Crippen molar-refractivity contribution < 1.29 is 9.37 Å². The van der Waals surface area contributed by atoms with Gasteiger partial charge in [0.05, 0.1) is 7.11 Å². The zero-order chi connectivity index (χ0) is 12.1. The van der Waals surface area contributed by atoms with Gasteiger partial charge in [-0.3, -0.25) is 0 Å². The summed E-state index contributed by atoms with van der Waals surface area (Å²) >= 11 is 0. The van der Waals surface area contributed by atoms with Crippen LogP contribution in [0.15, 0.2) is 28.9 Å². The summed E-state index contributed by atoms with van der Waals surface area (Å²) < 4.78 is 9.90. The van der Waals surface area contributed by atoms with Crippen molar-refractivity contribution in [3.05, 3.63) is 41.2 Å². The lowest BCUT2D eigenvalue weighted by Gasteiger charge is -2.08. The van der Waals surface area contributed by atoms with Crippen molar-refractivity contribution >= 4 is 0 Å². The van der Waals surface area contributed by atoms with Crippen LogP contribution < -0.4 is 10.1 Å². The van der Waals surface area contributed by atoms with Crippen molar-refractivity contribution in [2.75, 3.05) is 7.11 Å². The molecule has 1 N–H and O–H groups in total. The number of aryl methyl sites for hydroxylation is 1. The van der Waals surface area contributed by atoms with Crippen molar-refractivity contribution in [1.29, 1.82) is 0 Å². The summed E-state index contributed by atoms with van der Waals surface area (Å²) in [5.74, 6) is 0.884. The molecular weight excluding hydrogens is 218 g/mol. The Kier molecular flexibility index (Phi) is 3.72. The average molecular weight is 233 g/mol. The fourth-order valence-corrected chi connectivity index (χ4v) is 1.57. The Morgan fingerprint density at radius 1 is 1.24 bits per heavy atom. The van der Waals surface area contributed by atoms with Gasteiger partial charge < -0.3 is 10.1 Å². The highest BCUT2D eigenvalue weighted by atomic mass is 16.6. The van der Waals surface area contributed by atoms with Crippen molar-refractivity contribution in [3.63, 3.8) is 0 Å². The summed E-state index contributed by atoms with van der Waals surface area (Å²) in [6, 6.07) is 7.91. The van der Waals surface area contributed by atoms with E-state index < -0.39 is 0 Å². The molecule has 0 fully saturated rings. The third kappa shape index (κ3) is 2.82. The normalized spacial score (nSPS) is 10.5. The second kappa shape index (κ2) is 5.45. The lowest BCUT2D eigenvalue weighted by molar-refractivity contribution is 0.300. The molecule has 1 heterocycles. The van der Waals surface area contributed by atoms with Crippen LogP contribution in [0.3, 0.4) is 0 Å². The fraction of sp³-hybridized carbons (Fsp3) is 0.333. The molecule has 5 nitrogen and oxygen atoms in total. The third-order valence-corrected chi connectivity index (χ3v) is 2.55. The smallest absolute Gasteiger partial charge is 0.123 e. The first-order valence-corrected chi connectivity index (χ1v) is 5.42. The van der Waals surface area contributed by atoms with Crippen LogP contribution in [0.2, 0.25) is 0 Å². The van der Waals surface area contributed by atoms with Crippen molar-refractivity contribution in [2.45, 2.75) is 20.0 Å². The van der Waals surface area contributed by atoms with E-state index in [2.05, 4.69) is 20.3 Å². The summed E-state index contributed by atoms with van der Waals surface area (Å²) in [6.45, 7) is 3.22. The third-order valence-electron chi connectivity index (χ3n) is 2.55. The predicted octanol–water partition coefficient (Wildman–Crippen LogP) is 1.68. The van der Waals surface area contributed by atoms with Gasteiger partial charge in [0.2, 0.25) is 0 Å². The van der Waals surface area contributed by atoms with E-state index in [-0.39, 0.29) is 0 Å². The quantitative estimate of drug-likeness (QED) is 0.851. The summed E-state index contributed by atoms with van der Waals surface area (Å²) in [6.07, 6.45) is 0. The molecule has 0 aliphatic rings. The van der Waals surface area contributed by atoms with E-state index in [0.717, 1.165) is 29.2 Å². The lowest BCUT2D eigenvalue weighted by atomic mass is 10.2. The Bertz CT molecular complexity index is 482. The van der Waals surface area contributed by atoms with E-state index in [1.165, 1.54) is 0 Å². The minimum Gasteiger partial charge on any atom is -0.496 e. The molecule has 0 radical (unpaired) electrons. The van der Waals surface area contributed by atoms with Crippen LogP contribution in [-0.4, -0.2) is 17.4 Å². The molecular formula is C12H15N3O2. The topological polar surface area (TPSA) is 60.2 Å². The Morgan fingerprint density at radius 3 is 2.76 bits per heavy atom. The first-order chi connectivity index (χ1) is 8.31. The first kappa shape index (κ1) is 11.6. The van der Waals surface area contributed by atoms with Gasteiger partial charge in [0.1, 0.15) is 17.1 Å². The van der Waals surface area contributed by atoms with E-state index >= 15 is 0 Å². The number of hydrogen-bond acceptors (Lipinski definition) is 5. The highest BCUT2D eigenvalue weighted by molar-refractivity contribution is 5.33. The van der Waals surface area contributed by atoms with Crippen molar-refractivity contribution in [2.24, 2.45) is 0 Å². The Morgan fingerprint density at radius 2 is 2.06 bits per heavy atom. The minimum absolute atomic E-state index is 0.632. The van der Waals surface area contributed by atoms with Gasteiger partial charge in [0.15, 0.2) is 0 Å². The van der Waals surface area contributed by atoms with Gasteiger partial charge in [-0.15, -0.1) is 0 Å². The van der Waals surface area contributed by atoms with E-state index in [4.69, 9.17) is 4.74 Å². The molecule has 0 aliphatic carbocycles. The number of nitrogens with zero attached hydrogens (tertiary/aromatic N) is 2. The maximum Gasteiger partial charge on any atom is 0.123 e. The first-order valence-electron chi connectivity index (χ1n) is 5.42. The predicted molar refractivity (Wildman–Crippen MR) is 62.6 cm³/mol. The highest BCUT2D eigenvalue weighted by Crippen LogP contribution is 2.16. The molecule has 0 amide bonds. The van der Waals surface area contributed by atoms with Gasteiger partial charge >= 0.3 is 0 Å². The number of hydrogen-bond donors (Lipinski definition) is 1. The number of nitrogens with one attached hydrogen (secondary N) is 1. The van der Waals surface area contributed by atoms with Crippen molar-refractivity contribution in [1.82, 2.24) is 15.6 Å². The number of benzene rings is 1. The summed E-state index contributed by atoms with van der Waals surface area (Å²) in [5, 5.41) is 10.8. The van der Waals surface area contributed by atoms with Gasteiger partial charge in [-0.05, 0) is 13.0 Å². The lowest BCUT2D eigenvalue weighted by Crippen LogP contribution is -2.14. The minimum atomic E-state index is 0.632. The van der Waals surface area contributed by atoms with Crippen LogP contribution in [0.25, 0.3) is 0 Å². The number of ether oxygens (including phenoxy) is 1. The second-order valence-corrected chi connectivity index (χ2v) is 3.71. The molecule has 2 aromatic rings. The zero-order valence-electron chi connectivity index (χ0n) is 9.93. The monoisotopic (exact) mass is 233 g/mol. The SMILES string of the molecule is COc1ccccc1CNCc1nonc1C. The fourth-order valence-electron chi connectivity index (χ4n) is 1.57. The number of aromatic nitrogens is 2. The van der Waals surface area contributed by atoms with Crippen LogP contribution in [-0.2, 0) is 13.1 Å². The Balaban J connectivity index is 1.92. The molecule has 0 spiro atoms. The zero-order valence-corrected chi connectivity index (χ0v) is 9.93. The van der Waals surface area contributed by atoms with Crippen molar-refractivity contribution in [3.8, 4) is 5.75 Å². The van der Waals surface area contributed by atoms with E-state index in [9.17, 15) is 0 Å². The van der Waals surface area contributed by atoms with E-state index in [1.54, 1.807) is 7.11 Å². The standard InChI is InChI=1S/C12H15N3O2/c1-9-11(15-17-14-9)8-13-7-10-5-3-4-6-12(10)16-2/h3-6,13H,7-8H2,1-2H3. The Labute approximate surface area is 99.7 Å².